The quantitative estimate of drug-likeness (QED) is 0.871. The van der Waals surface area contributed by atoms with Crippen LogP contribution in [0.1, 0.15) is 18.4 Å². The lowest BCUT2D eigenvalue weighted by atomic mass is 10.2. The lowest BCUT2D eigenvalue weighted by Crippen LogP contribution is -2.28. The first-order chi connectivity index (χ1) is 9.16. The van der Waals surface area contributed by atoms with Gasteiger partial charge in [-0.15, -0.1) is 0 Å². The predicted octanol–water partition coefficient (Wildman–Crippen LogP) is 1.45. The monoisotopic (exact) mass is 258 g/mol. The van der Waals surface area contributed by atoms with E-state index in [4.69, 9.17) is 5.73 Å². The Labute approximate surface area is 111 Å². The van der Waals surface area contributed by atoms with Gasteiger partial charge in [0.2, 0.25) is 11.9 Å². The Morgan fingerprint density at radius 1 is 1.53 bits per heavy atom. The number of hydrogen-bond acceptors (Lipinski definition) is 3. The fraction of sp³-hybridized carbons (Fsp3) is 0.429. The molecular weight excluding hydrogens is 240 g/mol. The molecule has 1 saturated carbocycles. The van der Waals surface area contributed by atoms with Crippen molar-refractivity contribution in [1.82, 2.24) is 14.9 Å². The van der Waals surface area contributed by atoms with E-state index in [-0.39, 0.29) is 11.8 Å². The Morgan fingerprint density at radius 2 is 2.32 bits per heavy atom. The van der Waals surface area contributed by atoms with Crippen LogP contribution >= 0.6 is 0 Å². The van der Waals surface area contributed by atoms with Crippen molar-refractivity contribution in [2.24, 2.45) is 5.92 Å². The number of amides is 1. The number of nitrogens with two attached hydrogens (primary N) is 1. The largest absolute Gasteiger partial charge is 0.369 e. The van der Waals surface area contributed by atoms with Gasteiger partial charge >= 0.3 is 0 Å². The van der Waals surface area contributed by atoms with Crippen molar-refractivity contribution >= 4 is 22.9 Å². The molecule has 0 spiro atoms. The highest BCUT2D eigenvalue weighted by atomic mass is 16.2. The van der Waals surface area contributed by atoms with Crippen LogP contribution in [0.2, 0.25) is 0 Å². The lowest BCUT2D eigenvalue weighted by molar-refractivity contribution is -0.122. The highest BCUT2D eigenvalue weighted by Gasteiger charge is 2.29. The van der Waals surface area contributed by atoms with Crippen LogP contribution in [0, 0.1) is 12.8 Å². The van der Waals surface area contributed by atoms with Gasteiger partial charge in [-0.25, -0.2) is 4.98 Å². The van der Waals surface area contributed by atoms with Crippen LogP contribution in [-0.4, -0.2) is 22.0 Å². The first kappa shape index (κ1) is 12.0. The molecule has 2 aromatic rings. The standard InChI is InChI=1S/C14H18N4O/c1-9-3-2-4-11-12(9)18(14(15)17-11)8-7-16-13(19)10-5-6-10/h2-4,10H,5-8H2,1H3,(H2,15,17)(H,16,19). The highest BCUT2D eigenvalue weighted by molar-refractivity contribution is 5.82. The van der Waals surface area contributed by atoms with Crippen LogP contribution in [-0.2, 0) is 11.3 Å². The second-order valence-electron chi connectivity index (χ2n) is 5.13. The number of aryl methyl sites for hydroxylation is 1. The Balaban J connectivity index is 1.76. The number of nitrogens with zero attached hydrogens (tertiary/aromatic N) is 2. The molecule has 1 aliphatic carbocycles. The Morgan fingerprint density at radius 3 is 3.05 bits per heavy atom. The van der Waals surface area contributed by atoms with E-state index in [9.17, 15) is 4.79 Å². The molecule has 1 aliphatic rings. The number of aromatic nitrogens is 2. The molecule has 0 saturated heterocycles. The summed E-state index contributed by atoms with van der Waals surface area (Å²) in [5.74, 6) is 0.920. The maximum atomic E-state index is 11.6. The summed E-state index contributed by atoms with van der Waals surface area (Å²) < 4.78 is 1.97. The Kier molecular flexibility index (Phi) is 2.89. The van der Waals surface area contributed by atoms with Crippen molar-refractivity contribution in [2.75, 3.05) is 12.3 Å². The van der Waals surface area contributed by atoms with Crippen molar-refractivity contribution in [1.29, 1.82) is 0 Å². The Hall–Kier alpha value is -2.04. The maximum Gasteiger partial charge on any atom is 0.223 e. The molecule has 3 N–H and O–H groups in total. The fourth-order valence-corrected chi connectivity index (χ4v) is 2.39. The number of para-hydroxylation sites is 1. The zero-order valence-corrected chi connectivity index (χ0v) is 11.0. The van der Waals surface area contributed by atoms with Crippen LogP contribution in [0.4, 0.5) is 5.95 Å². The first-order valence-corrected chi connectivity index (χ1v) is 6.66. The molecule has 100 valence electrons. The SMILES string of the molecule is Cc1cccc2nc(N)n(CCNC(=O)C3CC3)c12. The summed E-state index contributed by atoms with van der Waals surface area (Å²) in [5, 5.41) is 2.95. The van der Waals surface area contributed by atoms with Gasteiger partial charge in [-0.05, 0) is 31.4 Å². The fourth-order valence-electron chi connectivity index (χ4n) is 2.39. The molecule has 0 atom stereocenters. The molecule has 0 radical (unpaired) electrons. The molecule has 5 nitrogen and oxygen atoms in total. The number of carbonyl (C=O) groups is 1. The minimum absolute atomic E-state index is 0.166. The van der Waals surface area contributed by atoms with E-state index < -0.39 is 0 Å². The van der Waals surface area contributed by atoms with Gasteiger partial charge in [-0.3, -0.25) is 4.79 Å². The minimum Gasteiger partial charge on any atom is -0.369 e. The zero-order chi connectivity index (χ0) is 13.4. The summed E-state index contributed by atoms with van der Waals surface area (Å²) in [7, 11) is 0. The van der Waals surface area contributed by atoms with E-state index in [1.807, 2.05) is 29.7 Å². The number of nitrogen functional groups attached to an aromatic ring is 1. The topological polar surface area (TPSA) is 72.9 Å². The first-order valence-electron chi connectivity index (χ1n) is 6.66. The molecule has 3 rings (SSSR count). The summed E-state index contributed by atoms with van der Waals surface area (Å²) in [6.07, 6.45) is 2.06. The summed E-state index contributed by atoms with van der Waals surface area (Å²) >= 11 is 0. The normalized spacial score (nSPS) is 14.8. The maximum absolute atomic E-state index is 11.6. The summed E-state index contributed by atoms with van der Waals surface area (Å²) in [4.78, 5) is 15.9. The van der Waals surface area contributed by atoms with Crippen LogP contribution in [0.3, 0.4) is 0 Å². The van der Waals surface area contributed by atoms with E-state index in [2.05, 4.69) is 10.3 Å². The summed E-state index contributed by atoms with van der Waals surface area (Å²) in [5.41, 5.74) is 9.06. The zero-order valence-electron chi connectivity index (χ0n) is 11.0. The van der Waals surface area contributed by atoms with E-state index in [1.54, 1.807) is 0 Å². The number of hydrogen-bond donors (Lipinski definition) is 2. The second kappa shape index (κ2) is 4.57. The average Bonchev–Trinajstić information content (AvgIpc) is 3.16. The van der Waals surface area contributed by atoms with Crippen molar-refractivity contribution < 1.29 is 4.79 Å². The molecule has 0 aliphatic heterocycles. The van der Waals surface area contributed by atoms with E-state index >= 15 is 0 Å². The molecule has 1 aromatic heterocycles. The number of rotatable bonds is 4. The van der Waals surface area contributed by atoms with Crippen LogP contribution in [0.5, 0.6) is 0 Å². The van der Waals surface area contributed by atoms with Gasteiger partial charge in [-0.1, -0.05) is 12.1 Å². The predicted molar refractivity (Wildman–Crippen MR) is 74.6 cm³/mol. The van der Waals surface area contributed by atoms with Gasteiger partial charge in [0.05, 0.1) is 11.0 Å². The minimum atomic E-state index is 0.166. The third-order valence-electron chi connectivity index (χ3n) is 3.58. The molecule has 1 heterocycles. The molecular formula is C14H18N4O. The molecule has 19 heavy (non-hydrogen) atoms. The van der Waals surface area contributed by atoms with Crippen LogP contribution < -0.4 is 11.1 Å². The number of imidazole rings is 1. The average molecular weight is 258 g/mol. The van der Waals surface area contributed by atoms with Gasteiger partial charge in [0.25, 0.3) is 0 Å². The second-order valence-corrected chi connectivity index (χ2v) is 5.13. The number of benzene rings is 1. The number of anilines is 1. The van der Waals surface area contributed by atoms with Gasteiger partial charge in [0, 0.05) is 19.0 Å². The Bertz CT molecular complexity index is 628. The lowest BCUT2D eigenvalue weighted by Gasteiger charge is -2.09. The van der Waals surface area contributed by atoms with Gasteiger partial charge < -0.3 is 15.6 Å². The van der Waals surface area contributed by atoms with Crippen LogP contribution in [0.15, 0.2) is 18.2 Å². The number of fused-ring (bicyclic) bond motifs is 1. The van der Waals surface area contributed by atoms with Crippen LogP contribution in [0.25, 0.3) is 11.0 Å². The highest BCUT2D eigenvalue weighted by Crippen LogP contribution is 2.28. The van der Waals surface area contributed by atoms with Gasteiger partial charge in [0.15, 0.2) is 0 Å². The van der Waals surface area contributed by atoms with E-state index in [0.717, 1.165) is 29.4 Å². The molecule has 1 amide bonds. The number of nitrogens with one attached hydrogen (secondary N) is 1. The molecule has 0 bridgehead atoms. The van der Waals surface area contributed by atoms with Gasteiger partial charge in [0.1, 0.15) is 0 Å². The number of carbonyl (C=O) groups excluding carboxylic acids is 1. The molecule has 0 unspecified atom stereocenters. The molecule has 5 heteroatoms. The smallest absolute Gasteiger partial charge is 0.223 e. The third kappa shape index (κ3) is 2.28. The van der Waals surface area contributed by atoms with E-state index in [1.165, 1.54) is 0 Å². The summed E-state index contributed by atoms with van der Waals surface area (Å²) in [6.45, 7) is 3.30. The molecule has 1 aromatic carbocycles. The van der Waals surface area contributed by atoms with Crippen molar-refractivity contribution in [2.45, 2.75) is 26.3 Å². The van der Waals surface area contributed by atoms with Crippen molar-refractivity contribution in [3.63, 3.8) is 0 Å². The summed E-state index contributed by atoms with van der Waals surface area (Å²) in [6, 6.07) is 5.98. The van der Waals surface area contributed by atoms with Crippen molar-refractivity contribution in [3.8, 4) is 0 Å². The van der Waals surface area contributed by atoms with E-state index in [0.29, 0.717) is 19.0 Å². The van der Waals surface area contributed by atoms with Gasteiger partial charge in [-0.2, -0.15) is 0 Å². The molecule has 1 fully saturated rings. The third-order valence-corrected chi connectivity index (χ3v) is 3.58. The van der Waals surface area contributed by atoms with Crippen molar-refractivity contribution in [3.05, 3.63) is 23.8 Å².